The lowest BCUT2D eigenvalue weighted by Gasteiger charge is -2.39. The molecule has 3 rings (SSSR count). The van der Waals surface area contributed by atoms with Crippen LogP contribution in [0.5, 0.6) is 5.75 Å². The number of piperidine rings is 1. The summed E-state index contributed by atoms with van der Waals surface area (Å²) in [7, 11) is 0. The highest BCUT2D eigenvalue weighted by atomic mass is 16.5. The van der Waals surface area contributed by atoms with Crippen LogP contribution in [0.1, 0.15) is 64.0 Å². The van der Waals surface area contributed by atoms with Crippen LogP contribution in [0.2, 0.25) is 0 Å². The number of carbonyl (C=O) groups is 2. The lowest BCUT2D eigenvalue weighted by molar-refractivity contribution is -0.120. The third-order valence-electron chi connectivity index (χ3n) is 5.70. The van der Waals surface area contributed by atoms with Crippen molar-refractivity contribution in [1.82, 2.24) is 15.5 Å². The Kier molecular flexibility index (Phi) is 6.24. The minimum Gasteiger partial charge on any atom is -0.494 e. The van der Waals surface area contributed by atoms with Gasteiger partial charge in [-0.2, -0.15) is 0 Å². The number of nitrogens with one attached hydrogen (secondary N) is 2. The molecule has 1 spiro atoms. The van der Waals surface area contributed by atoms with Gasteiger partial charge in [0, 0.05) is 25.0 Å². The Morgan fingerprint density at radius 3 is 2.48 bits per heavy atom. The molecule has 1 aromatic carbocycles. The third kappa shape index (κ3) is 4.73. The van der Waals surface area contributed by atoms with Crippen LogP contribution in [0, 0.1) is 0 Å². The first-order valence-electron chi connectivity index (χ1n) is 10.1. The van der Waals surface area contributed by atoms with E-state index in [9.17, 15) is 9.59 Å². The molecule has 2 saturated heterocycles. The predicted octanol–water partition coefficient (Wildman–Crippen LogP) is 3.38. The van der Waals surface area contributed by atoms with E-state index in [0.717, 1.165) is 43.4 Å². The molecule has 6 heteroatoms. The van der Waals surface area contributed by atoms with Gasteiger partial charge in [0.15, 0.2) is 0 Å². The molecule has 2 aliphatic rings. The maximum Gasteiger partial charge on any atom is 0.317 e. The number of urea groups is 1. The summed E-state index contributed by atoms with van der Waals surface area (Å²) in [5.41, 5.74) is 1.01. The number of ether oxygens (including phenoxy) is 1. The number of amides is 3. The minimum atomic E-state index is -0.0770. The first kappa shape index (κ1) is 19.5. The molecular formula is C21H31N3O3. The summed E-state index contributed by atoms with van der Waals surface area (Å²) in [6, 6.07) is 7.95. The van der Waals surface area contributed by atoms with E-state index in [1.54, 1.807) is 0 Å². The molecule has 6 nitrogen and oxygen atoms in total. The van der Waals surface area contributed by atoms with E-state index in [-0.39, 0.29) is 23.5 Å². The molecule has 0 saturated carbocycles. The Morgan fingerprint density at radius 1 is 1.22 bits per heavy atom. The van der Waals surface area contributed by atoms with Crippen LogP contribution in [0.4, 0.5) is 4.79 Å². The van der Waals surface area contributed by atoms with Gasteiger partial charge < -0.3 is 20.3 Å². The van der Waals surface area contributed by atoms with Crippen LogP contribution in [0.25, 0.3) is 0 Å². The third-order valence-corrected chi connectivity index (χ3v) is 5.70. The van der Waals surface area contributed by atoms with Crippen molar-refractivity contribution in [2.24, 2.45) is 0 Å². The number of benzene rings is 1. The Hall–Kier alpha value is -2.24. The summed E-state index contributed by atoms with van der Waals surface area (Å²) >= 11 is 0. The van der Waals surface area contributed by atoms with Crippen LogP contribution >= 0.6 is 0 Å². The molecule has 2 heterocycles. The molecule has 27 heavy (non-hydrogen) atoms. The molecule has 0 aliphatic carbocycles. The van der Waals surface area contributed by atoms with Gasteiger partial charge in [-0.3, -0.25) is 4.79 Å². The van der Waals surface area contributed by atoms with E-state index in [1.807, 2.05) is 29.2 Å². The maximum atomic E-state index is 12.7. The first-order valence-corrected chi connectivity index (χ1v) is 10.1. The Balaban J connectivity index is 1.53. The summed E-state index contributed by atoms with van der Waals surface area (Å²) in [5.74, 6) is 1.01. The monoisotopic (exact) mass is 373 g/mol. The zero-order chi connectivity index (χ0) is 19.3. The molecular weight excluding hydrogens is 342 g/mol. The van der Waals surface area contributed by atoms with Crippen LogP contribution < -0.4 is 15.4 Å². The summed E-state index contributed by atoms with van der Waals surface area (Å²) in [6.45, 7) is 6.24. The van der Waals surface area contributed by atoms with E-state index in [4.69, 9.17) is 4.74 Å². The average Bonchev–Trinajstić information content (AvgIpc) is 3.05. The summed E-state index contributed by atoms with van der Waals surface area (Å²) in [4.78, 5) is 26.1. The largest absolute Gasteiger partial charge is 0.494 e. The number of likely N-dealkylation sites (tertiary alicyclic amines) is 1. The van der Waals surface area contributed by atoms with Crippen molar-refractivity contribution in [3.63, 3.8) is 0 Å². The molecule has 1 aromatic rings. The quantitative estimate of drug-likeness (QED) is 0.803. The number of hydrogen-bond donors (Lipinski definition) is 2. The van der Waals surface area contributed by atoms with Gasteiger partial charge in [-0.05, 0) is 49.8 Å². The van der Waals surface area contributed by atoms with Gasteiger partial charge in [0.05, 0.1) is 12.6 Å². The standard InChI is InChI=1S/C21H31N3O3/c1-3-15-27-17-7-5-16(6-8-17)18(4-2)22-20(26)24-13-11-21(12-14-24)10-9-19(25)23-21/h5-8,18H,3-4,9-15H2,1-2H3,(H,22,26)(H,23,25)/t18-/m0/s1. The zero-order valence-corrected chi connectivity index (χ0v) is 16.4. The number of hydrogen-bond acceptors (Lipinski definition) is 3. The summed E-state index contributed by atoms with van der Waals surface area (Å²) < 4.78 is 5.63. The topological polar surface area (TPSA) is 70.7 Å². The lowest BCUT2D eigenvalue weighted by Crippen LogP contribution is -2.54. The Morgan fingerprint density at radius 2 is 1.93 bits per heavy atom. The van der Waals surface area contributed by atoms with E-state index >= 15 is 0 Å². The van der Waals surface area contributed by atoms with Crippen molar-refractivity contribution >= 4 is 11.9 Å². The van der Waals surface area contributed by atoms with E-state index in [2.05, 4.69) is 24.5 Å². The molecule has 0 unspecified atom stereocenters. The fourth-order valence-electron chi connectivity index (χ4n) is 3.96. The zero-order valence-electron chi connectivity index (χ0n) is 16.4. The molecule has 0 aromatic heterocycles. The highest BCUT2D eigenvalue weighted by molar-refractivity contribution is 5.79. The first-order chi connectivity index (χ1) is 13.0. The minimum absolute atomic E-state index is 0.0141. The molecule has 0 radical (unpaired) electrons. The molecule has 1 atom stereocenters. The SMILES string of the molecule is CCCOc1ccc([C@H](CC)NC(=O)N2CCC3(CCC(=O)N3)CC2)cc1. The Labute approximate surface area is 161 Å². The van der Waals surface area contributed by atoms with Gasteiger partial charge >= 0.3 is 6.03 Å². The van der Waals surface area contributed by atoms with Gasteiger partial charge in [0.25, 0.3) is 0 Å². The van der Waals surface area contributed by atoms with Gasteiger partial charge in [-0.1, -0.05) is 26.0 Å². The highest BCUT2D eigenvalue weighted by Crippen LogP contribution is 2.31. The van der Waals surface area contributed by atoms with Crippen molar-refractivity contribution in [2.75, 3.05) is 19.7 Å². The fraction of sp³-hybridized carbons (Fsp3) is 0.619. The maximum absolute atomic E-state index is 12.7. The van der Waals surface area contributed by atoms with Crippen LogP contribution in [-0.2, 0) is 4.79 Å². The van der Waals surface area contributed by atoms with E-state index in [1.165, 1.54) is 0 Å². The van der Waals surface area contributed by atoms with Crippen LogP contribution in [-0.4, -0.2) is 42.1 Å². The smallest absolute Gasteiger partial charge is 0.317 e. The van der Waals surface area contributed by atoms with Gasteiger partial charge in [0.1, 0.15) is 5.75 Å². The normalized spacial score (nSPS) is 19.6. The molecule has 0 bridgehead atoms. The molecule has 2 fully saturated rings. The van der Waals surface area contributed by atoms with Crippen molar-refractivity contribution in [1.29, 1.82) is 0 Å². The van der Waals surface area contributed by atoms with Crippen LogP contribution in [0.15, 0.2) is 24.3 Å². The van der Waals surface area contributed by atoms with Gasteiger partial charge in [-0.15, -0.1) is 0 Å². The molecule has 2 N–H and O–H groups in total. The van der Waals surface area contributed by atoms with Gasteiger partial charge in [0.2, 0.25) is 5.91 Å². The predicted molar refractivity (Wildman–Crippen MR) is 105 cm³/mol. The number of rotatable bonds is 6. The van der Waals surface area contributed by atoms with Crippen LogP contribution in [0.3, 0.4) is 0 Å². The Bertz CT molecular complexity index is 651. The second-order valence-electron chi connectivity index (χ2n) is 7.64. The van der Waals surface area contributed by atoms with Crippen molar-refractivity contribution in [3.8, 4) is 5.75 Å². The number of carbonyl (C=O) groups excluding carboxylic acids is 2. The van der Waals surface area contributed by atoms with Gasteiger partial charge in [-0.25, -0.2) is 4.79 Å². The summed E-state index contributed by atoms with van der Waals surface area (Å²) in [5, 5.41) is 6.28. The second-order valence-corrected chi connectivity index (χ2v) is 7.64. The highest BCUT2D eigenvalue weighted by Gasteiger charge is 2.41. The van der Waals surface area contributed by atoms with Crippen molar-refractivity contribution in [3.05, 3.63) is 29.8 Å². The van der Waals surface area contributed by atoms with E-state index in [0.29, 0.717) is 26.1 Å². The number of nitrogens with zero attached hydrogens (tertiary/aromatic N) is 1. The summed E-state index contributed by atoms with van der Waals surface area (Å²) in [6.07, 6.45) is 5.00. The lowest BCUT2D eigenvalue weighted by atomic mass is 9.86. The fourth-order valence-corrected chi connectivity index (χ4v) is 3.96. The average molecular weight is 373 g/mol. The van der Waals surface area contributed by atoms with Crippen molar-refractivity contribution < 1.29 is 14.3 Å². The van der Waals surface area contributed by atoms with E-state index < -0.39 is 0 Å². The molecule has 148 valence electrons. The molecule has 2 aliphatic heterocycles. The van der Waals surface area contributed by atoms with Crippen molar-refractivity contribution in [2.45, 2.75) is 64.0 Å². The second kappa shape index (κ2) is 8.63. The molecule has 3 amide bonds.